The van der Waals surface area contributed by atoms with Gasteiger partial charge in [0.2, 0.25) is 0 Å². The fourth-order valence-corrected chi connectivity index (χ4v) is 1.49. The third kappa shape index (κ3) is 1.39. The topological polar surface area (TPSA) is 30.7 Å². The molecular formula is C11H15N3. The van der Waals surface area contributed by atoms with Gasteiger partial charge in [-0.15, -0.1) is 0 Å². The number of aromatic nitrogens is 3. The smallest absolute Gasteiger partial charge is 0.0868 e. The van der Waals surface area contributed by atoms with Gasteiger partial charge in [0, 0.05) is 11.6 Å². The minimum Gasteiger partial charge on any atom is -0.262 e. The summed E-state index contributed by atoms with van der Waals surface area (Å²) in [6.45, 7) is 6.59. The van der Waals surface area contributed by atoms with Gasteiger partial charge in [0.05, 0.1) is 24.0 Å². The molecule has 0 fully saturated rings. The average molecular weight is 189 g/mol. The molecule has 3 nitrogen and oxygen atoms in total. The summed E-state index contributed by atoms with van der Waals surface area (Å²) in [4.78, 5) is 4.13. The summed E-state index contributed by atoms with van der Waals surface area (Å²) >= 11 is 0. The van der Waals surface area contributed by atoms with E-state index in [1.165, 1.54) is 0 Å². The van der Waals surface area contributed by atoms with Crippen molar-refractivity contribution < 1.29 is 0 Å². The highest BCUT2D eigenvalue weighted by Gasteiger charge is 2.12. The Bertz CT molecular complexity index is 431. The molecule has 0 bridgehead atoms. The minimum atomic E-state index is 0.414. The Hall–Kier alpha value is -1.38. The maximum absolute atomic E-state index is 4.39. The van der Waals surface area contributed by atoms with Crippen molar-refractivity contribution >= 4 is 10.9 Å². The van der Waals surface area contributed by atoms with E-state index in [1.807, 2.05) is 23.1 Å². The van der Waals surface area contributed by atoms with Crippen LogP contribution < -0.4 is 0 Å². The molecule has 2 aromatic rings. The van der Waals surface area contributed by atoms with E-state index in [1.54, 1.807) is 6.20 Å². The first-order valence-corrected chi connectivity index (χ1v) is 4.97. The zero-order valence-corrected chi connectivity index (χ0v) is 8.81. The van der Waals surface area contributed by atoms with Gasteiger partial charge in [0.15, 0.2) is 0 Å². The van der Waals surface area contributed by atoms with E-state index in [4.69, 9.17) is 0 Å². The van der Waals surface area contributed by atoms with Crippen molar-refractivity contribution in [2.24, 2.45) is 5.92 Å². The quantitative estimate of drug-likeness (QED) is 0.727. The zero-order chi connectivity index (χ0) is 10.1. The molecule has 0 saturated heterocycles. The van der Waals surface area contributed by atoms with Crippen molar-refractivity contribution in [2.75, 3.05) is 0 Å². The van der Waals surface area contributed by atoms with Crippen molar-refractivity contribution in [2.45, 2.75) is 26.8 Å². The predicted octanol–water partition coefficient (Wildman–Crippen LogP) is 2.65. The number of fused-ring (bicyclic) bond motifs is 1. The molecule has 0 aliphatic rings. The Morgan fingerprint density at radius 2 is 2.00 bits per heavy atom. The molecule has 2 aromatic heterocycles. The molecule has 1 atom stereocenters. The maximum atomic E-state index is 4.39. The van der Waals surface area contributed by atoms with E-state index >= 15 is 0 Å². The van der Waals surface area contributed by atoms with Crippen LogP contribution >= 0.6 is 0 Å². The van der Waals surface area contributed by atoms with Gasteiger partial charge in [-0.1, -0.05) is 13.8 Å². The molecule has 3 heteroatoms. The average Bonchev–Trinajstić information content (AvgIpc) is 2.60. The van der Waals surface area contributed by atoms with Gasteiger partial charge in [-0.05, 0) is 18.9 Å². The Morgan fingerprint density at radius 3 is 2.71 bits per heavy atom. The molecule has 2 heterocycles. The molecule has 2 rings (SSSR count). The van der Waals surface area contributed by atoms with Crippen molar-refractivity contribution in [1.29, 1.82) is 0 Å². The van der Waals surface area contributed by atoms with E-state index in [2.05, 4.69) is 30.9 Å². The minimum absolute atomic E-state index is 0.414. The highest BCUT2D eigenvalue weighted by molar-refractivity contribution is 5.77. The van der Waals surface area contributed by atoms with Gasteiger partial charge in [0.1, 0.15) is 0 Å². The number of hydrogen-bond acceptors (Lipinski definition) is 2. The zero-order valence-electron chi connectivity index (χ0n) is 8.81. The van der Waals surface area contributed by atoms with Crippen molar-refractivity contribution in [3.8, 4) is 0 Å². The maximum Gasteiger partial charge on any atom is 0.0868 e. The van der Waals surface area contributed by atoms with Crippen LogP contribution in [0, 0.1) is 5.92 Å². The van der Waals surface area contributed by atoms with Crippen LogP contribution in [-0.4, -0.2) is 14.8 Å². The summed E-state index contributed by atoms with van der Waals surface area (Å²) in [7, 11) is 0. The Balaban J connectivity index is 2.53. The number of hydrogen-bond donors (Lipinski definition) is 0. The Morgan fingerprint density at radius 1 is 1.21 bits per heavy atom. The lowest BCUT2D eigenvalue weighted by Crippen LogP contribution is -2.12. The van der Waals surface area contributed by atoms with Crippen LogP contribution in [0.4, 0.5) is 0 Å². The number of pyridine rings is 1. The molecule has 0 saturated carbocycles. The predicted molar refractivity (Wildman–Crippen MR) is 57.1 cm³/mol. The van der Waals surface area contributed by atoms with Gasteiger partial charge < -0.3 is 0 Å². The third-order valence-corrected chi connectivity index (χ3v) is 2.75. The van der Waals surface area contributed by atoms with Gasteiger partial charge in [-0.3, -0.25) is 9.67 Å². The molecule has 74 valence electrons. The van der Waals surface area contributed by atoms with Gasteiger partial charge in [-0.2, -0.15) is 5.10 Å². The summed E-state index contributed by atoms with van der Waals surface area (Å²) in [5.74, 6) is 0.582. The second kappa shape index (κ2) is 3.40. The molecule has 14 heavy (non-hydrogen) atoms. The van der Waals surface area contributed by atoms with Gasteiger partial charge in [0.25, 0.3) is 0 Å². The lowest BCUT2D eigenvalue weighted by atomic mass is 10.1. The molecule has 0 N–H and O–H groups in total. The lowest BCUT2D eigenvalue weighted by Gasteiger charge is -2.16. The molecule has 0 amide bonds. The highest BCUT2D eigenvalue weighted by Crippen LogP contribution is 2.21. The Kier molecular flexibility index (Phi) is 2.23. The van der Waals surface area contributed by atoms with E-state index in [0.29, 0.717) is 12.0 Å². The second-order valence-corrected chi connectivity index (χ2v) is 4.01. The molecule has 0 radical (unpaired) electrons. The summed E-state index contributed by atoms with van der Waals surface area (Å²) in [6, 6.07) is 2.41. The van der Waals surface area contributed by atoms with Crippen LogP contribution in [0.25, 0.3) is 10.9 Å². The van der Waals surface area contributed by atoms with Crippen molar-refractivity contribution in [3.05, 3.63) is 24.7 Å². The van der Waals surface area contributed by atoms with Crippen LogP contribution in [0.15, 0.2) is 24.7 Å². The van der Waals surface area contributed by atoms with E-state index in [0.717, 1.165) is 10.9 Å². The highest BCUT2D eigenvalue weighted by atomic mass is 15.3. The van der Waals surface area contributed by atoms with Crippen LogP contribution in [0.5, 0.6) is 0 Å². The standard InChI is InChI=1S/C11H15N3/c1-8(2)9(3)14-11-7-12-5-4-10(11)6-13-14/h4-9H,1-3H3. The molecule has 0 aliphatic heterocycles. The monoisotopic (exact) mass is 189 g/mol. The fourth-order valence-electron chi connectivity index (χ4n) is 1.49. The van der Waals surface area contributed by atoms with Gasteiger partial charge in [-0.25, -0.2) is 0 Å². The molecule has 0 aromatic carbocycles. The third-order valence-electron chi connectivity index (χ3n) is 2.75. The first-order valence-electron chi connectivity index (χ1n) is 4.97. The van der Waals surface area contributed by atoms with E-state index < -0.39 is 0 Å². The van der Waals surface area contributed by atoms with Crippen molar-refractivity contribution in [3.63, 3.8) is 0 Å². The summed E-state index contributed by atoms with van der Waals surface area (Å²) in [6.07, 6.45) is 5.57. The molecule has 0 spiro atoms. The van der Waals surface area contributed by atoms with Crippen LogP contribution in [0.1, 0.15) is 26.8 Å². The van der Waals surface area contributed by atoms with Crippen LogP contribution in [0.3, 0.4) is 0 Å². The fraction of sp³-hybridized carbons (Fsp3) is 0.455. The second-order valence-electron chi connectivity index (χ2n) is 4.01. The summed E-state index contributed by atoms with van der Waals surface area (Å²) in [5.41, 5.74) is 1.12. The van der Waals surface area contributed by atoms with Crippen LogP contribution in [-0.2, 0) is 0 Å². The Labute approximate surface area is 83.8 Å². The first-order chi connectivity index (χ1) is 6.70. The largest absolute Gasteiger partial charge is 0.262 e. The number of rotatable bonds is 2. The lowest BCUT2D eigenvalue weighted by molar-refractivity contribution is 0.385. The van der Waals surface area contributed by atoms with E-state index in [-0.39, 0.29) is 0 Å². The molecular weight excluding hydrogens is 174 g/mol. The van der Waals surface area contributed by atoms with Gasteiger partial charge >= 0.3 is 0 Å². The SMILES string of the molecule is CC(C)C(C)n1ncc2ccncc21. The molecule has 1 unspecified atom stereocenters. The van der Waals surface area contributed by atoms with Crippen LogP contribution in [0.2, 0.25) is 0 Å². The normalized spacial score (nSPS) is 13.7. The number of nitrogens with zero attached hydrogens (tertiary/aromatic N) is 3. The first kappa shape index (κ1) is 9.19. The summed E-state index contributed by atoms with van der Waals surface area (Å²) < 4.78 is 2.05. The van der Waals surface area contributed by atoms with E-state index in [9.17, 15) is 0 Å². The summed E-state index contributed by atoms with van der Waals surface area (Å²) in [5, 5.41) is 5.55. The molecule has 0 aliphatic carbocycles. The van der Waals surface area contributed by atoms with Crippen molar-refractivity contribution in [1.82, 2.24) is 14.8 Å².